The number of nitrogens with one attached hydrogen (secondary N) is 1. The van der Waals surface area contributed by atoms with E-state index >= 15 is 0 Å². The third-order valence-corrected chi connectivity index (χ3v) is 6.72. The second kappa shape index (κ2) is 12.5. The molecular formula is C28H35N3O4S. The molecule has 1 unspecified atom stereocenters. The molecule has 2 aromatic carbocycles. The van der Waals surface area contributed by atoms with Gasteiger partial charge in [-0.3, -0.25) is 9.69 Å². The number of fused-ring (bicyclic) bond motifs is 1. The first-order valence-electron chi connectivity index (χ1n) is 12.4. The van der Waals surface area contributed by atoms with Gasteiger partial charge in [0, 0.05) is 24.7 Å². The van der Waals surface area contributed by atoms with Gasteiger partial charge in [-0.2, -0.15) is 0 Å². The smallest absolute Gasteiger partial charge is 0.411 e. The van der Waals surface area contributed by atoms with E-state index in [0.29, 0.717) is 30.3 Å². The molecule has 0 bridgehead atoms. The fraction of sp³-hybridized carbons (Fsp3) is 0.393. The van der Waals surface area contributed by atoms with Crippen LogP contribution < -0.4 is 10.1 Å². The van der Waals surface area contributed by atoms with Crippen molar-refractivity contribution in [2.45, 2.75) is 59.1 Å². The summed E-state index contributed by atoms with van der Waals surface area (Å²) < 4.78 is 11.8. The van der Waals surface area contributed by atoms with E-state index in [0.717, 1.165) is 23.3 Å². The molecular weight excluding hydrogens is 474 g/mol. The normalized spacial score (nSPS) is 14.7. The van der Waals surface area contributed by atoms with Crippen molar-refractivity contribution in [3.8, 4) is 11.5 Å². The van der Waals surface area contributed by atoms with E-state index in [2.05, 4.69) is 10.3 Å². The Morgan fingerprint density at radius 3 is 2.56 bits per heavy atom. The molecule has 1 atom stereocenters. The number of amides is 2. The number of hydrogen-bond donors (Lipinski definition) is 1. The van der Waals surface area contributed by atoms with Crippen LogP contribution in [0.25, 0.3) is 0 Å². The molecule has 1 N–H and O–H groups in total. The third-order valence-electron chi connectivity index (χ3n) is 5.64. The molecule has 192 valence electrons. The van der Waals surface area contributed by atoms with Crippen molar-refractivity contribution in [2.75, 3.05) is 13.1 Å². The third kappa shape index (κ3) is 6.43. The number of benzene rings is 2. The van der Waals surface area contributed by atoms with Crippen molar-refractivity contribution in [1.82, 2.24) is 15.2 Å². The Balaban J connectivity index is 0.00000176. The number of carbonyl (C=O) groups is 2. The topological polar surface area (TPSA) is 80.8 Å². The molecule has 8 heteroatoms. The van der Waals surface area contributed by atoms with E-state index in [-0.39, 0.29) is 5.91 Å². The van der Waals surface area contributed by atoms with Gasteiger partial charge in [-0.25, -0.2) is 9.78 Å². The summed E-state index contributed by atoms with van der Waals surface area (Å²) in [5.41, 5.74) is 0.862. The number of para-hydroxylation sites is 1. The van der Waals surface area contributed by atoms with Gasteiger partial charge in [-0.05, 0) is 62.1 Å². The van der Waals surface area contributed by atoms with Crippen molar-refractivity contribution in [1.29, 1.82) is 0 Å². The Kier molecular flexibility index (Phi) is 9.47. The van der Waals surface area contributed by atoms with Crippen molar-refractivity contribution >= 4 is 23.3 Å². The van der Waals surface area contributed by atoms with Gasteiger partial charge in [0.05, 0.1) is 0 Å². The molecule has 7 nitrogen and oxygen atoms in total. The van der Waals surface area contributed by atoms with Crippen LogP contribution in [0.5, 0.6) is 11.5 Å². The highest BCUT2D eigenvalue weighted by Gasteiger charge is 2.39. The molecule has 1 aromatic heterocycles. The Morgan fingerprint density at radius 2 is 1.89 bits per heavy atom. The molecule has 1 aliphatic heterocycles. The van der Waals surface area contributed by atoms with Gasteiger partial charge >= 0.3 is 6.09 Å². The molecule has 0 radical (unpaired) electrons. The van der Waals surface area contributed by atoms with Crippen LogP contribution in [0, 0.1) is 0 Å². The Bertz CT molecular complexity index is 1130. The van der Waals surface area contributed by atoms with Gasteiger partial charge in [0.25, 0.3) is 0 Å². The van der Waals surface area contributed by atoms with E-state index in [4.69, 9.17) is 9.47 Å². The van der Waals surface area contributed by atoms with Crippen LogP contribution in [0.1, 0.15) is 63.2 Å². The quantitative estimate of drug-likeness (QED) is 0.395. The summed E-state index contributed by atoms with van der Waals surface area (Å²) in [6, 6.07) is 14.4. The van der Waals surface area contributed by atoms with Gasteiger partial charge in [-0.1, -0.05) is 45.0 Å². The first-order valence-corrected chi connectivity index (χ1v) is 13.3. The molecule has 0 saturated carbocycles. The van der Waals surface area contributed by atoms with Crippen LogP contribution in [0.3, 0.4) is 0 Å². The lowest BCUT2D eigenvalue weighted by Crippen LogP contribution is -2.48. The number of rotatable bonds is 7. The molecule has 0 fully saturated rings. The van der Waals surface area contributed by atoms with E-state index in [9.17, 15) is 9.59 Å². The van der Waals surface area contributed by atoms with Gasteiger partial charge < -0.3 is 14.8 Å². The summed E-state index contributed by atoms with van der Waals surface area (Å²) in [4.78, 5) is 32.3. The minimum Gasteiger partial charge on any atom is -0.457 e. The molecule has 0 spiro atoms. The lowest BCUT2D eigenvalue weighted by atomic mass is 9.92. The molecule has 0 aliphatic carbocycles. The van der Waals surface area contributed by atoms with Crippen LogP contribution in [-0.4, -0.2) is 35.0 Å². The Labute approximate surface area is 217 Å². The zero-order chi connectivity index (χ0) is 26.1. The molecule has 4 rings (SSSR count). The maximum absolute atomic E-state index is 13.3. The Hall–Kier alpha value is -3.39. The first kappa shape index (κ1) is 27.2. The lowest BCUT2D eigenvalue weighted by molar-refractivity contribution is -0.127. The van der Waals surface area contributed by atoms with Crippen LogP contribution in [0.2, 0.25) is 0 Å². The number of aromatic nitrogens is 1. The van der Waals surface area contributed by atoms with Crippen LogP contribution in [-0.2, 0) is 21.6 Å². The lowest BCUT2D eigenvalue weighted by Gasteiger charge is -2.37. The van der Waals surface area contributed by atoms with E-state index in [1.54, 1.807) is 20.0 Å². The van der Waals surface area contributed by atoms with Crippen molar-refractivity contribution in [3.05, 3.63) is 76.2 Å². The van der Waals surface area contributed by atoms with E-state index in [1.807, 2.05) is 74.7 Å². The predicted octanol–water partition coefficient (Wildman–Crippen LogP) is 6.46. The van der Waals surface area contributed by atoms with Crippen LogP contribution in [0.4, 0.5) is 4.79 Å². The standard InChI is InChI=1S/C26H29N3O4S.C2H6/c1-4-13-27-23(30)22-21-11-10-20(32-19-8-6-5-7-9-19)17-18(21)12-15-29(22)25(31)33-26(2,3)24-28-14-16-34-24;1-2/h5-11,14,16-17,22H,4,12-13,15H2,1-3H3,(H,27,30);1-2H3. The van der Waals surface area contributed by atoms with Crippen molar-refractivity contribution in [2.24, 2.45) is 0 Å². The van der Waals surface area contributed by atoms with Gasteiger partial charge in [0.1, 0.15) is 22.5 Å². The first-order chi connectivity index (χ1) is 17.4. The zero-order valence-corrected chi connectivity index (χ0v) is 22.4. The predicted molar refractivity (Wildman–Crippen MR) is 142 cm³/mol. The minimum atomic E-state index is -0.899. The fourth-order valence-electron chi connectivity index (χ4n) is 3.96. The van der Waals surface area contributed by atoms with E-state index < -0.39 is 17.7 Å². The molecule has 2 heterocycles. The highest BCUT2D eigenvalue weighted by Crippen LogP contribution is 2.36. The number of thiazole rings is 1. The Morgan fingerprint density at radius 1 is 1.14 bits per heavy atom. The number of ether oxygens (including phenoxy) is 2. The zero-order valence-electron chi connectivity index (χ0n) is 21.6. The largest absolute Gasteiger partial charge is 0.457 e. The van der Waals surface area contributed by atoms with E-state index in [1.165, 1.54) is 16.2 Å². The maximum Gasteiger partial charge on any atom is 0.411 e. The summed E-state index contributed by atoms with van der Waals surface area (Å²) in [6.07, 6.45) is 2.54. The van der Waals surface area contributed by atoms with Gasteiger partial charge in [0.15, 0.2) is 5.60 Å². The average molecular weight is 510 g/mol. The molecule has 36 heavy (non-hydrogen) atoms. The number of nitrogens with zero attached hydrogens (tertiary/aromatic N) is 2. The van der Waals surface area contributed by atoms with Crippen molar-refractivity contribution in [3.63, 3.8) is 0 Å². The summed E-state index contributed by atoms with van der Waals surface area (Å²) in [6.45, 7) is 10.5. The van der Waals surface area contributed by atoms with Gasteiger partial charge in [-0.15, -0.1) is 11.3 Å². The molecule has 0 saturated heterocycles. The molecule has 3 aromatic rings. The molecule has 2 amide bonds. The second-order valence-corrected chi connectivity index (χ2v) is 9.52. The fourth-order valence-corrected chi connectivity index (χ4v) is 4.65. The second-order valence-electron chi connectivity index (χ2n) is 8.63. The SMILES string of the molecule is CC.CCCNC(=O)C1c2ccc(Oc3ccccc3)cc2CCN1C(=O)OC(C)(C)c1nccs1. The molecule has 1 aliphatic rings. The summed E-state index contributed by atoms with van der Waals surface area (Å²) in [5.74, 6) is 1.22. The minimum absolute atomic E-state index is 0.219. The van der Waals surface area contributed by atoms with Gasteiger partial charge in [0.2, 0.25) is 5.91 Å². The summed E-state index contributed by atoms with van der Waals surface area (Å²) >= 11 is 1.43. The number of hydrogen-bond acceptors (Lipinski definition) is 6. The van der Waals surface area contributed by atoms with Crippen LogP contribution in [0.15, 0.2) is 60.1 Å². The highest BCUT2D eigenvalue weighted by molar-refractivity contribution is 7.09. The average Bonchev–Trinajstić information content (AvgIpc) is 3.44. The highest BCUT2D eigenvalue weighted by atomic mass is 32.1. The van der Waals surface area contributed by atoms with Crippen LogP contribution >= 0.6 is 11.3 Å². The number of carbonyl (C=O) groups excluding carboxylic acids is 2. The monoisotopic (exact) mass is 509 g/mol. The summed E-state index contributed by atoms with van der Waals surface area (Å²) in [7, 11) is 0. The maximum atomic E-state index is 13.3. The van der Waals surface area contributed by atoms with Crippen molar-refractivity contribution < 1.29 is 19.1 Å². The summed E-state index contributed by atoms with van der Waals surface area (Å²) in [5, 5.41) is 5.49.